The molecule has 196 valence electrons. The standard InChI is InChI=1S/C28H28ClN5O4/c29-19-11-13-21(14-12-19)34(26(37)17-33-23-9-5-4-8-22(23)31-32-33)27(18-10-15-24(35)25(36)16-18)28(38)30-20-6-2-1-3-7-20/h4-5,8-16,20,27,35-36H,1-3,6-7,17H2,(H,30,38). The Morgan fingerprint density at radius 1 is 1.00 bits per heavy atom. The fourth-order valence-corrected chi connectivity index (χ4v) is 5.06. The number of para-hydroxylation sites is 1. The number of aromatic hydroxyl groups is 2. The highest BCUT2D eigenvalue weighted by molar-refractivity contribution is 6.30. The van der Waals surface area contributed by atoms with Crippen LogP contribution in [0.25, 0.3) is 11.0 Å². The predicted octanol–water partition coefficient (Wildman–Crippen LogP) is 4.72. The van der Waals surface area contributed by atoms with Crippen molar-refractivity contribution in [3.63, 3.8) is 0 Å². The third kappa shape index (κ3) is 5.43. The van der Waals surface area contributed by atoms with Crippen molar-refractivity contribution in [2.75, 3.05) is 4.90 Å². The number of benzene rings is 3. The van der Waals surface area contributed by atoms with Crippen LogP contribution in [-0.2, 0) is 16.1 Å². The topological polar surface area (TPSA) is 121 Å². The number of halogens is 1. The number of anilines is 1. The molecular weight excluding hydrogens is 506 g/mol. The molecule has 0 radical (unpaired) electrons. The second-order valence-corrected chi connectivity index (χ2v) is 9.91. The maximum absolute atomic E-state index is 14.0. The summed E-state index contributed by atoms with van der Waals surface area (Å²) < 4.78 is 1.49. The summed E-state index contributed by atoms with van der Waals surface area (Å²) in [7, 11) is 0. The van der Waals surface area contributed by atoms with Crippen molar-refractivity contribution in [1.29, 1.82) is 0 Å². The number of rotatable bonds is 7. The lowest BCUT2D eigenvalue weighted by Crippen LogP contribution is -2.48. The number of hydrogen-bond donors (Lipinski definition) is 3. The summed E-state index contributed by atoms with van der Waals surface area (Å²) in [5, 5.41) is 32.1. The van der Waals surface area contributed by atoms with Gasteiger partial charge in [0, 0.05) is 16.8 Å². The third-order valence-electron chi connectivity index (χ3n) is 6.85. The van der Waals surface area contributed by atoms with Crippen LogP contribution in [0.1, 0.15) is 43.7 Å². The Bertz CT molecular complexity index is 1450. The van der Waals surface area contributed by atoms with Crippen LogP contribution in [0.4, 0.5) is 5.69 Å². The van der Waals surface area contributed by atoms with Gasteiger partial charge in [0.2, 0.25) is 11.8 Å². The highest BCUT2D eigenvalue weighted by Gasteiger charge is 2.35. The van der Waals surface area contributed by atoms with E-state index in [0.29, 0.717) is 27.3 Å². The normalized spacial score (nSPS) is 14.8. The number of carbonyl (C=O) groups excluding carboxylic acids is 2. The fourth-order valence-electron chi connectivity index (χ4n) is 4.93. The predicted molar refractivity (Wildman–Crippen MR) is 144 cm³/mol. The Balaban J connectivity index is 1.57. The molecule has 1 atom stereocenters. The van der Waals surface area contributed by atoms with Gasteiger partial charge in [-0.15, -0.1) is 5.10 Å². The van der Waals surface area contributed by atoms with Gasteiger partial charge in [-0.25, -0.2) is 4.68 Å². The first-order chi connectivity index (χ1) is 18.4. The van der Waals surface area contributed by atoms with Crippen LogP contribution in [0.3, 0.4) is 0 Å². The van der Waals surface area contributed by atoms with E-state index in [1.54, 1.807) is 30.3 Å². The molecule has 1 fully saturated rings. The summed E-state index contributed by atoms with van der Waals surface area (Å²) in [6.45, 7) is -0.180. The third-order valence-corrected chi connectivity index (χ3v) is 7.10. The van der Waals surface area contributed by atoms with Crippen LogP contribution in [-0.4, -0.2) is 43.1 Å². The molecule has 0 aliphatic heterocycles. The van der Waals surface area contributed by atoms with Crippen molar-refractivity contribution < 1.29 is 19.8 Å². The Kier molecular flexibility index (Phi) is 7.46. The summed E-state index contributed by atoms with van der Waals surface area (Å²) in [5.74, 6) is -1.50. The molecule has 1 saturated carbocycles. The summed E-state index contributed by atoms with van der Waals surface area (Å²) in [4.78, 5) is 29.3. The number of nitrogens with zero attached hydrogens (tertiary/aromatic N) is 4. The van der Waals surface area contributed by atoms with E-state index in [1.165, 1.54) is 27.8 Å². The van der Waals surface area contributed by atoms with Gasteiger partial charge in [-0.05, 0) is 66.9 Å². The number of phenols is 2. The van der Waals surface area contributed by atoms with Gasteiger partial charge in [0.25, 0.3) is 0 Å². The SMILES string of the molecule is O=C(NC1CCCCC1)C(c1ccc(O)c(O)c1)N(C(=O)Cn1nnc2ccccc21)c1ccc(Cl)cc1. The van der Waals surface area contributed by atoms with Crippen LogP contribution >= 0.6 is 11.6 Å². The number of amides is 2. The second kappa shape index (κ2) is 11.1. The van der Waals surface area contributed by atoms with Crippen molar-refractivity contribution in [2.45, 2.75) is 50.7 Å². The maximum Gasteiger partial charge on any atom is 0.249 e. The van der Waals surface area contributed by atoms with Crippen LogP contribution in [0.15, 0.2) is 66.7 Å². The molecule has 9 nitrogen and oxygen atoms in total. The van der Waals surface area contributed by atoms with Gasteiger partial charge in [-0.2, -0.15) is 0 Å². The van der Waals surface area contributed by atoms with E-state index in [2.05, 4.69) is 15.6 Å². The van der Waals surface area contributed by atoms with Crippen molar-refractivity contribution >= 4 is 40.1 Å². The lowest BCUT2D eigenvalue weighted by Gasteiger charge is -2.33. The zero-order chi connectivity index (χ0) is 26.6. The van der Waals surface area contributed by atoms with E-state index in [4.69, 9.17) is 11.6 Å². The zero-order valence-corrected chi connectivity index (χ0v) is 21.4. The van der Waals surface area contributed by atoms with E-state index in [1.807, 2.05) is 18.2 Å². The molecule has 38 heavy (non-hydrogen) atoms. The molecule has 1 aromatic heterocycles. The molecule has 0 saturated heterocycles. The van der Waals surface area contributed by atoms with E-state index in [-0.39, 0.29) is 30.0 Å². The highest BCUT2D eigenvalue weighted by atomic mass is 35.5. The molecule has 10 heteroatoms. The Morgan fingerprint density at radius 2 is 1.74 bits per heavy atom. The number of nitrogens with one attached hydrogen (secondary N) is 1. The van der Waals surface area contributed by atoms with Crippen LogP contribution in [0.2, 0.25) is 5.02 Å². The molecule has 2 amide bonds. The quantitative estimate of drug-likeness (QED) is 0.296. The van der Waals surface area contributed by atoms with Gasteiger partial charge in [0.15, 0.2) is 11.5 Å². The van der Waals surface area contributed by atoms with Gasteiger partial charge in [-0.1, -0.05) is 54.3 Å². The molecule has 0 spiro atoms. The number of phenolic OH excluding ortho intramolecular Hbond substituents is 2. The van der Waals surface area contributed by atoms with E-state index in [0.717, 1.165) is 32.1 Å². The minimum atomic E-state index is -1.13. The average Bonchev–Trinajstić information content (AvgIpc) is 3.32. The zero-order valence-electron chi connectivity index (χ0n) is 20.6. The van der Waals surface area contributed by atoms with E-state index in [9.17, 15) is 19.8 Å². The Hall–Kier alpha value is -4.11. The minimum absolute atomic E-state index is 0.00843. The molecule has 1 unspecified atom stereocenters. The van der Waals surface area contributed by atoms with Gasteiger partial charge >= 0.3 is 0 Å². The van der Waals surface area contributed by atoms with Gasteiger partial charge in [0.1, 0.15) is 18.1 Å². The lowest BCUT2D eigenvalue weighted by molar-refractivity contribution is -0.127. The van der Waals surface area contributed by atoms with Crippen molar-refractivity contribution in [2.24, 2.45) is 0 Å². The van der Waals surface area contributed by atoms with Gasteiger partial charge < -0.3 is 15.5 Å². The van der Waals surface area contributed by atoms with Crippen molar-refractivity contribution in [3.8, 4) is 11.5 Å². The lowest BCUT2D eigenvalue weighted by atomic mass is 9.94. The summed E-state index contributed by atoms with van der Waals surface area (Å²) in [6.07, 6.45) is 4.89. The van der Waals surface area contributed by atoms with Gasteiger partial charge in [-0.3, -0.25) is 14.5 Å². The Labute approximate surface area is 224 Å². The first-order valence-corrected chi connectivity index (χ1v) is 13.0. The number of aromatic nitrogens is 3. The molecular formula is C28H28ClN5O4. The minimum Gasteiger partial charge on any atom is -0.504 e. The number of hydrogen-bond acceptors (Lipinski definition) is 6. The first kappa shape index (κ1) is 25.5. The second-order valence-electron chi connectivity index (χ2n) is 9.47. The highest BCUT2D eigenvalue weighted by Crippen LogP contribution is 2.34. The molecule has 3 N–H and O–H groups in total. The smallest absolute Gasteiger partial charge is 0.249 e. The molecule has 3 aromatic carbocycles. The van der Waals surface area contributed by atoms with Gasteiger partial charge in [0.05, 0.1) is 5.52 Å². The van der Waals surface area contributed by atoms with E-state index >= 15 is 0 Å². The maximum atomic E-state index is 14.0. The van der Waals surface area contributed by atoms with Crippen molar-refractivity contribution in [3.05, 3.63) is 77.3 Å². The van der Waals surface area contributed by atoms with Crippen LogP contribution in [0, 0.1) is 0 Å². The average molecular weight is 534 g/mol. The monoisotopic (exact) mass is 533 g/mol. The molecule has 0 bridgehead atoms. The molecule has 1 aliphatic rings. The summed E-state index contributed by atoms with van der Waals surface area (Å²) in [6, 6.07) is 16.9. The van der Waals surface area contributed by atoms with Crippen molar-refractivity contribution in [1.82, 2.24) is 20.3 Å². The Morgan fingerprint density at radius 3 is 2.47 bits per heavy atom. The van der Waals surface area contributed by atoms with Crippen LogP contribution in [0.5, 0.6) is 11.5 Å². The summed E-state index contributed by atoms with van der Waals surface area (Å²) in [5.41, 5.74) is 2.12. The number of carbonyl (C=O) groups is 2. The molecule has 5 rings (SSSR count). The molecule has 1 heterocycles. The fraction of sp³-hybridized carbons (Fsp3) is 0.286. The molecule has 4 aromatic rings. The summed E-state index contributed by atoms with van der Waals surface area (Å²) >= 11 is 6.14. The number of fused-ring (bicyclic) bond motifs is 1. The largest absolute Gasteiger partial charge is 0.504 e. The molecule has 1 aliphatic carbocycles. The van der Waals surface area contributed by atoms with Crippen LogP contribution < -0.4 is 10.2 Å². The first-order valence-electron chi connectivity index (χ1n) is 12.6. The van der Waals surface area contributed by atoms with E-state index < -0.39 is 11.9 Å².